The fraction of sp³-hybridized carbons (Fsp3) is 0. The molecule has 0 nitrogen and oxygen atoms in total. The van der Waals surface area contributed by atoms with Gasteiger partial charge in [0, 0.05) is 0 Å². The van der Waals surface area contributed by atoms with Gasteiger partial charge in [-0.1, -0.05) is 0 Å². The second-order valence-electron chi connectivity index (χ2n) is 0.303. The fourth-order valence-electron chi connectivity index (χ4n) is 0. The summed E-state index contributed by atoms with van der Waals surface area (Å²) in [7, 11) is 0. The van der Waals surface area contributed by atoms with Crippen molar-refractivity contribution >= 4 is 81.4 Å². The first-order valence-electron chi connectivity index (χ1n) is 0.535. The summed E-state index contributed by atoms with van der Waals surface area (Å²) in [6.45, 7) is 0. The van der Waals surface area contributed by atoms with E-state index in [1.54, 1.807) is 0 Å². The van der Waals surface area contributed by atoms with Crippen molar-refractivity contribution in [3.8, 4) is 0 Å². The number of hydrogen-bond acceptors (Lipinski definition) is 0. The van der Waals surface area contributed by atoms with Gasteiger partial charge in [0.2, 0.25) is 0 Å². The minimum absolute atomic E-state index is 0.620. The van der Waals surface area contributed by atoms with Gasteiger partial charge < -0.3 is 0 Å². The molecule has 0 bridgehead atoms. The van der Waals surface area contributed by atoms with E-state index in [4.69, 9.17) is 0 Å². The molecule has 0 aromatic heterocycles. The first-order chi connectivity index (χ1) is 2.00. The van der Waals surface area contributed by atoms with E-state index in [0.29, 0.717) is 0 Å². The van der Waals surface area contributed by atoms with Crippen molar-refractivity contribution in [1.82, 2.24) is 0 Å². The Kier molecular flexibility index (Phi) is 5.84. The third-order valence-electron chi connectivity index (χ3n) is 0. The topological polar surface area (TPSA) is 0 Å². The molecule has 0 atom stereocenters. The Hall–Kier alpha value is 3.44. The van der Waals surface area contributed by atoms with Crippen LogP contribution in [0.15, 0.2) is 0 Å². The van der Waals surface area contributed by atoms with Crippen molar-refractivity contribution in [2.45, 2.75) is 0 Å². The van der Waals surface area contributed by atoms with Gasteiger partial charge in [-0.15, -0.1) is 0 Å². The van der Waals surface area contributed by atoms with Crippen molar-refractivity contribution in [3.05, 3.63) is 0 Å². The molecule has 0 N–H and O–H groups in total. The van der Waals surface area contributed by atoms with Gasteiger partial charge in [-0.25, -0.2) is 0 Å². The van der Waals surface area contributed by atoms with Gasteiger partial charge >= 0.3 is 81.2 Å². The van der Waals surface area contributed by atoms with Crippen LogP contribution in [0.1, 0.15) is 0 Å². The molecule has 0 amide bonds. The zero-order valence-corrected chi connectivity index (χ0v) is 11.6. The predicted octanol–water partition coefficient (Wildman–Crippen LogP) is 3.54. The Morgan fingerprint density at radius 2 is 0.800 bits per heavy atom. The van der Waals surface area contributed by atoms with Crippen LogP contribution in [-0.4, -0.2) is 0 Å². The average molecular weight is 563 g/mol. The molecule has 0 saturated carbocycles. The van der Waals surface area contributed by atoms with Crippen molar-refractivity contribution in [1.29, 1.82) is 0 Å². The molecule has 0 radical (unpaired) electrons. The second-order valence-corrected chi connectivity index (χ2v) is 56.2. The standard InChI is InChI=1S/Fe.4HI/h;4*1H/q+4;;;;/p-4. The molecule has 0 saturated heterocycles. The molecule has 0 heterocycles. The van der Waals surface area contributed by atoms with E-state index in [2.05, 4.69) is 81.4 Å². The Morgan fingerprint density at radius 3 is 0.800 bits per heavy atom. The number of hydrogen-bond donors (Lipinski definition) is 0. The van der Waals surface area contributed by atoms with Crippen LogP contribution >= 0.6 is 81.4 Å². The third kappa shape index (κ3) is 18.6. The monoisotopic (exact) mass is 564 g/mol. The zero-order valence-electron chi connectivity index (χ0n) is 1.87. The summed E-state index contributed by atoms with van der Waals surface area (Å²) in [4.78, 5) is 0. The molecule has 0 fully saturated rings. The van der Waals surface area contributed by atoms with Gasteiger partial charge in [-0.2, -0.15) is 0 Å². The molecule has 0 aliphatic carbocycles. The molecule has 0 spiro atoms. The van der Waals surface area contributed by atoms with Crippen molar-refractivity contribution < 1.29 is -0.154 Å². The normalized spacial score (nSPS) is 15.2. The van der Waals surface area contributed by atoms with Crippen LogP contribution < -0.4 is 0 Å². The van der Waals surface area contributed by atoms with Gasteiger partial charge in [0.05, 0.1) is 0 Å². The van der Waals surface area contributed by atoms with Crippen LogP contribution in [0.4, 0.5) is 0 Å². The zero-order chi connectivity index (χ0) is 4.50. The molecule has 0 aromatic rings. The van der Waals surface area contributed by atoms with E-state index in [-0.39, 0.29) is 0 Å². The molecule has 0 aliphatic heterocycles. The van der Waals surface area contributed by atoms with Crippen LogP contribution in [0.3, 0.4) is 0 Å². The molecule has 5 heavy (non-hydrogen) atoms. The number of rotatable bonds is 0. The summed E-state index contributed by atoms with van der Waals surface area (Å²) in [6, 6.07) is 0. The van der Waals surface area contributed by atoms with E-state index in [9.17, 15) is 0 Å². The summed E-state index contributed by atoms with van der Waals surface area (Å²) in [5.41, 5.74) is 0. The van der Waals surface area contributed by atoms with E-state index in [1.165, 1.54) is 0 Å². The Bertz CT molecular complexity index is 19.1. The van der Waals surface area contributed by atoms with Crippen LogP contribution in [0.25, 0.3) is 0 Å². The van der Waals surface area contributed by atoms with Gasteiger partial charge in [0.25, 0.3) is 0 Å². The van der Waals surface area contributed by atoms with Crippen molar-refractivity contribution in [3.63, 3.8) is 0 Å². The third-order valence-corrected chi connectivity index (χ3v) is 0. The fourth-order valence-corrected chi connectivity index (χ4v) is 0. The molecule has 0 rings (SSSR count). The summed E-state index contributed by atoms with van der Waals surface area (Å²) >= 11 is 9.85. The minimum atomic E-state index is -0.620. The summed E-state index contributed by atoms with van der Waals surface area (Å²) < 4.78 is -0.620. The van der Waals surface area contributed by atoms with E-state index < -0.39 is -0.154 Å². The van der Waals surface area contributed by atoms with Crippen LogP contribution in [0.2, 0.25) is 0 Å². The molecule has 36 valence electrons. The van der Waals surface area contributed by atoms with E-state index in [0.717, 1.165) is 0 Å². The molecular formula is FeI4. The van der Waals surface area contributed by atoms with E-state index >= 15 is 0 Å². The van der Waals surface area contributed by atoms with Crippen LogP contribution in [0.5, 0.6) is 0 Å². The number of halogens is 4. The average Bonchev–Trinajstić information content (AvgIpc) is 0.722. The first kappa shape index (κ1) is 8.44. The maximum atomic E-state index is 2.46. The summed E-state index contributed by atoms with van der Waals surface area (Å²) in [6.07, 6.45) is 0. The molecular weight excluding hydrogens is 563 g/mol. The van der Waals surface area contributed by atoms with Gasteiger partial charge in [-0.05, 0) is 0 Å². The van der Waals surface area contributed by atoms with Crippen molar-refractivity contribution in [2.75, 3.05) is 0 Å². The van der Waals surface area contributed by atoms with Gasteiger partial charge in [-0.3, -0.25) is 0 Å². The van der Waals surface area contributed by atoms with E-state index in [1.807, 2.05) is 0 Å². The van der Waals surface area contributed by atoms with Gasteiger partial charge in [0.15, 0.2) is 0 Å². The molecule has 0 unspecified atom stereocenters. The second kappa shape index (κ2) is 3.46. The maximum absolute atomic E-state index is 2.46. The van der Waals surface area contributed by atoms with Crippen molar-refractivity contribution in [2.24, 2.45) is 0 Å². The SMILES string of the molecule is [I][Fe]([I])([I])[I]. The Balaban J connectivity index is 3.02. The van der Waals surface area contributed by atoms with Crippen LogP contribution in [0, 0.1) is 0 Å². The molecule has 0 aliphatic rings. The molecule has 0 aromatic carbocycles. The quantitative estimate of drug-likeness (QED) is 0.313. The molecule has 5 heteroatoms. The first-order valence-corrected chi connectivity index (χ1v) is 14.8. The predicted molar refractivity (Wildman–Crippen MR) is 56.1 cm³/mol. The summed E-state index contributed by atoms with van der Waals surface area (Å²) in [5.74, 6) is 0. The van der Waals surface area contributed by atoms with Gasteiger partial charge in [0.1, 0.15) is 0 Å². The summed E-state index contributed by atoms with van der Waals surface area (Å²) in [5, 5.41) is 0. The van der Waals surface area contributed by atoms with Crippen LogP contribution in [-0.2, 0) is -0.154 Å². The Labute approximate surface area is 78.8 Å². The Morgan fingerprint density at radius 1 is 0.800 bits per heavy atom.